The lowest BCUT2D eigenvalue weighted by Gasteiger charge is -2.05. The lowest BCUT2D eigenvalue weighted by molar-refractivity contribution is -0.384. The molecule has 102 valence electrons. The van der Waals surface area contributed by atoms with Gasteiger partial charge in [-0.2, -0.15) is 0 Å². The van der Waals surface area contributed by atoms with E-state index >= 15 is 0 Å². The van der Waals surface area contributed by atoms with E-state index in [0.717, 1.165) is 0 Å². The standard InChI is InChI=1S/C12H7BrClN3O3/c13-11-3-1-2-9(16-11)12(18)15-7-4-5-8(14)10(6-7)17(19)20/h1-6H,(H,15,18). The van der Waals surface area contributed by atoms with Crippen molar-refractivity contribution in [2.24, 2.45) is 0 Å². The van der Waals surface area contributed by atoms with Gasteiger partial charge in [-0.1, -0.05) is 17.7 Å². The SMILES string of the molecule is O=C(Nc1ccc(Cl)c([N+](=O)[O-])c1)c1cccc(Br)n1. The number of halogens is 2. The first-order chi connectivity index (χ1) is 9.47. The minimum atomic E-state index is -0.616. The van der Waals surface area contributed by atoms with E-state index in [1.165, 1.54) is 24.3 Å². The Bertz CT molecular complexity index is 693. The van der Waals surface area contributed by atoms with Gasteiger partial charge >= 0.3 is 0 Å². The highest BCUT2D eigenvalue weighted by atomic mass is 79.9. The molecular formula is C12H7BrClN3O3. The quantitative estimate of drug-likeness (QED) is 0.516. The van der Waals surface area contributed by atoms with Crippen molar-refractivity contribution < 1.29 is 9.72 Å². The predicted octanol–water partition coefficient (Wildman–Crippen LogP) is 3.66. The van der Waals surface area contributed by atoms with Gasteiger partial charge in [0.05, 0.1) is 4.92 Å². The molecule has 0 unspecified atom stereocenters. The summed E-state index contributed by atoms with van der Waals surface area (Å²) in [6.07, 6.45) is 0. The van der Waals surface area contributed by atoms with E-state index in [0.29, 0.717) is 4.60 Å². The zero-order chi connectivity index (χ0) is 14.7. The Kier molecular flexibility index (Phi) is 4.31. The fourth-order valence-corrected chi connectivity index (χ4v) is 1.99. The van der Waals surface area contributed by atoms with Crippen LogP contribution in [0.15, 0.2) is 41.0 Å². The van der Waals surface area contributed by atoms with E-state index in [4.69, 9.17) is 11.6 Å². The summed E-state index contributed by atoms with van der Waals surface area (Å²) in [4.78, 5) is 26.1. The highest BCUT2D eigenvalue weighted by Gasteiger charge is 2.15. The Labute approximate surface area is 127 Å². The Morgan fingerprint density at radius 1 is 1.35 bits per heavy atom. The number of carbonyl (C=O) groups excluding carboxylic acids is 1. The first-order valence-electron chi connectivity index (χ1n) is 5.35. The third-order valence-electron chi connectivity index (χ3n) is 2.35. The number of pyridine rings is 1. The van der Waals surface area contributed by atoms with Crippen molar-refractivity contribution >= 4 is 44.8 Å². The maximum absolute atomic E-state index is 11.9. The minimum Gasteiger partial charge on any atom is -0.320 e. The molecule has 2 rings (SSSR count). The van der Waals surface area contributed by atoms with Gasteiger partial charge in [0, 0.05) is 11.8 Å². The summed E-state index contributed by atoms with van der Waals surface area (Å²) in [5.41, 5.74) is 0.191. The van der Waals surface area contributed by atoms with Gasteiger partial charge in [0.1, 0.15) is 15.3 Å². The molecule has 1 N–H and O–H groups in total. The van der Waals surface area contributed by atoms with Crippen LogP contribution >= 0.6 is 27.5 Å². The molecule has 1 aromatic carbocycles. The Morgan fingerprint density at radius 2 is 2.10 bits per heavy atom. The van der Waals surface area contributed by atoms with E-state index in [9.17, 15) is 14.9 Å². The maximum atomic E-state index is 11.9. The predicted molar refractivity (Wildman–Crippen MR) is 78.0 cm³/mol. The molecule has 8 heteroatoms. The van der Waals surface area contributed by atoms with Gasteiger partial charge in [-0.3, -0.25) is 14.9 Å². The molecule has 0 atom stereocenters. The molecule has 0 saturated carbocycles. The second-order valence-electron chi connectivity index (χ2n) is 3.72. The molecule has 6 nitrogen and oxygen atoms in total. The number of aromatic nitrogens is 1. The number of amides is 1. The average molecular weight is 357 g/mol. The number of hydrogen-bond acceptors (Lipinski definition) is 4. The molecule has 0 bridgehead atoms. The fraction of sp³-hybridized carbons (Fsp3) is 0. The molecule has 0 fully saturated rings. The van der Waals surface area contributed by atoms with Crippen LogP contribution in [0.1, 0.15) is 10.5 Å². The van der Waals surface area contributed by atoms with Crippen LogP contribution in [0.2, 0.25) is 5.02 Å². The van der Waals surface area contributed by atoms with Crippen molar-refractivity contribution in [3.05, 3.63) is 61.8 Å². The van der Waals surface area contributed by atoms with Crippen LogP contribution in [-0.4, -0.2) is 15.8 Å². The summed E-state index contributed by atoms with van der Waals surface area (Å²) in [7, 11) is 0. The molecule has 2 aromatic rings. The molecule has 1 heterocycles. The number of rotatable bonds is 3. The number of nitro groups is 1. The molecule has 1 aromatic heterocycles. The van der Waals surface area contributed by atoms with Crippen LogP contribution in [0.5, 0.6) is 0 Å². The largest absolute Gasteiger partial charge is 0.320 e. The van der Waals surface area contributed by atoms with Crippen LogP contribution in [0.25, 0.3) is 0 Å². The summed E-state index contributed by atoms with van der Waals surface area (Å²) < 4.78 is 0.521. The molecule has 1 amide bonds. The van der Waals surface area contributed by atoms with Crippen molar-refractivity contribution in [2.45, 2.75) is 0 Å². The summed E-state index contributed by atoms with van der Waals surface area (Å²) in [5, 5.41) is 13.3. The van der Waals surface area contributed by atoms with Gasteiger partial charge in [0.25, 0.3) is 11.6 Å². The minimum absolute atomic E-state index is 0.00794. The Morgan fingerprint density at radius 3 is 2.75 bits per heavy atom. The second-order valence-corrected chi connectivity index (χ2v) is 4.94. The Hall–Kier alpha value is -1.99. The molecular weight excluding hydrogens is 350 g/mol. The van der Waals surface area contributed by atoms with Gasteiger partial charge in [-0.25, -0.2) is 4.98 Å². The monoisotopic (exact) mass is 355 g/mol. The van der Waals surface area contributed by atoms with Gasteiger partial charge in [-0.05, 0) is 40.2 Å². The van der Waals surface area contributed by atoms with E-state index in [1.807, 2.05) is 0 Å². The number of nitrogens with one attached hydrogen (secondary N) is 1. The number of carbonyl (C=O) groups is 1. The van der Waals surface area contributed by atoms with Crippen LogP contribution in [0.3, 0.4) is 0 Å². The smallest absolute Gasteiger partial charge is 0.289 e. The lowest BCUT2D eigenvalue weighted by Crippen LogP contribution is -2.13. The van der Waals surface area contributed by atoms with Crippen LogP contribution in [0, 0.1) is 10.1 Å². The molecule has 20 heavy (non-hydrogen) atoms. The molecule has 0 radical (unpaired) electrons. The summed E-state index contributed by atoms with van der Waals surface area (Å²) in [6.45, 7) is 0. The van der Waals surface area contributed by atoms with Crippen LogP contribution in [0.4, 0.5) is 11.4 Å². The third kappa shape index (κ3) is 3.31. The van der Waals surface area contributed by atoms with Crippen LogP contribution in [-0.2, 0) is 0 Å². The van der Waals surface area contributed by atoms with Gasteiger partial charge in [0.2, 0.25) is 0 Å². The van der Waals surface area contributed by atoms with Gasteiger partial charge in [-0.15, -0.1) is 0 Å². The van der Waals surface area contributed by atoms with Crippen molar-refractivity contribution in [1.29, 1.82) is 0 Å². The van der Waals surface area contributed by atoms with Crippen molar-refractivity contribution in [3.63, 3.8) is 0 Å². The number of benzene rings is 1. The third-order valence-corrected chi connectivity index (χ3v) is 3.11. The normalized spacial score (nSPS) is 10.1. The number of hydrogen-bond donors (Lipinski definition) is 1. The molecule has 0 spiro atoms. The maximum Gasteiger partial charge on any atom is 0.289 e. The van der Waals surface area contributed by atoms with E-state index in [1.54, 1.807) is 12.1 Å². The van der Waals surface area contributed by atoms with Crippen LogP contribution < -0.4 is 5.32 Å². The summed E-state index contributed by atoms with van der Waals surface area (Å²) >= 11 is 8.85. The van der Waals surface area contributed by atoms with Crippen molar-refractivity contribution in [1.82, 2.24) is 4.98 Å². The summed E-state index contributed by atoms with van der Waals surface area (Å²) in [6, 6.07) is 8.90. The van der Waals surface area contributed by atoms with Gasteiger partial charge in [0.15, 0.2) is 0 Å². The number of nitrogens with zero attached hydrogens (tertiary/aromatic N) is 2. The lowest BCUT2D eigenvalue weighted by atomic mass is 10.2. The first-order valence-corrected chi connectivity index (χ1v) is 6.52. The summed E-state index contributed by atoms with van der Waals surface area (Å²) in [5.74, 6) is -0.470. The van der Waals surface area contributed by atoms with E-state index in [-0.39, 0.29) is 22.1 Å². The van der Waals surface area contributed by atoms with Gasteiger partial charge < -0.3 is 5.32 Å². The zero-order valence-electron chi connectivity index (χ0n) is 9.84. The average Bonchev–Trinajstić information content (AvgIpc) is 2.40. The van der Waals surface area contributed by atoms with Crippen molar-refractivity contribution in [3.8, 4) is 0 Å². The zero-order valence-corrected chi connectivity index (χ0v) is 12.2. The first kappa shape index (κ1) is 14.4. The Balaban J connectivity index is 2.24. The van der Waals surface area contributed by atoms with E-state index in [2.05, 4.69) is 26.2 Å². The molecule has 0 aliphatic rings. The van der Waals surface area contributed by atoms with Crippen molar-refractivity contribution in [2.75, 3.05) is 5.32 Å². The fourth-order valence-electron chi connectivity index (χ4n) is 1.46. The molecule has 0 saturated heterocycles. The molecule has 0 aliphatic heterocycles. The number of anilines is 1. The number of nitro benzene ring substituents is 1. The second kappa shape index (κ2) is 5.98. The molecule has 0 aliphatic carbocycles. The highest BCUT2D eigenvalue weighted by molar-refractivity contribution is 9.10. The topological polar surface area (TPSA) is 85.1 Å². The highest BCUT2D eigenvalue weighted by Crippen LogP contribution is 2.27. The van der Waals surface area contributed by atoms with E-state index < -0.39 is 10.8 Å².